The average molecular weight is 365 g/mol. The summed E-state index contributed by atoms with van der Waals surface area (Å²) in [5.41, 5.74) is 2.01. The van der Waals surface area contributed by atoms with Gasteiger partial charge < -0.3 is 10.2 Å². The maximum Gasteiger partial charge on any atom is 0.279 e. The molecule has 2 N–H and O–H groups in total. The van der Waals surface area contributed by atoms with Gasteiger partial charge in [0, 0.05) is 5.56 Å². The first kappa shape index (κ1) is 20.0. The highest BCUT2D eigenvalue weighted by atomic mass is 19.2. The Hall–Kier alpha value is -2.34. The van der Waals surface area contributed by atoms with E-state index in [-0.39, 0.29) is 17.6 Å². The maximum absolute atomic E-state index is 13.6. The van der Waals surface area contributed by atoms with Gasteiger partial charge in [0.15, 0.2) is 24.0 Å². The van der Waals surface area contributed by atoms with E-state index in [4.69, 9.17) is 0 Å². The largest absolute Gasteiger partial charge is 0.326 e. The van der Waals surface area contributed by atoms with Crippen LogP contribution in [0.2, 0.25) is 0 Å². The van der Waals surface area contributed by atoms with Crippen molar-refractivity contribution < 1.29 is 22.9 Å². The Morgan fingerprint density at radius 3 is 2.19 bits per heavy atom. The van der Waals surface area contributed by atoms with Crippen LogP contribution < -0.4 is 10.2 Å². The van der Waals surface area contributed by atoms with Crippen molar-refractivity contribution in [1.29, 1.82) is 0 Å². The second-order valence-corrected chi connectivity index (χ2v) is 7.53. The van der Waals surface area contributed by atoms with E-state index in [2.05, 4.69) is 38.2 Å². The van der Waals surface area contributed by atoms with Gasteiger partial charge in [0.05, 0.1) is 12.7 Å². The summed E-state index contributed by atoms with van der Waals surface area (Å²) in [6, 6.07) is 9.97. The minimum atomic E-state index is -1.59. The van der Waals surface area contributed by atoms with E-state index >= 15 is 0 Å². The third kappa shape index (κ3) is 5.08. The van der Waals surface area contributed by atoms with Crippen molar-refractivity contribution in [2.45, 2.75) is 32.7 Å². The average Bonchev–Trinajstić information content (AvgIpc) is 2.55. The van der Waals surface area contributed by atoms with Gasteiger partial charge in [-0.3, -0.25) is 4.79 Å². The standard InChI is InChI=1S/C20H23F3N2O/c1-20(2,3)14-7-5-13(6-8-14)11-25(4)12-17(26)24-16-10-9-15(21)18(22)19(16)23/h5-10H,11-12H2,1-4H3,(H,24,26)/p+1. The molecule has 2 rings (SSSR count). The lowest BCUT2D eigenvalue weighted by atomic mass is 9.87. The number of nitrogens with one attached hydrogen (secondary N) is 2. The zero-order chi connectivity index (χ0) is 19.5. The van der Waals surface area contributed by atoms with Gasteiger partial charge in [0.25, 0.3) is 5.91 Å². The van der Waals surface area contributed by atoms with E-state index in [1.165, 1.54) is 5.56 Å². The Morgan fingerprint density at radius 1 is 1.00 bits per heavy atom. The number of benzene rings is 2. The van der Waals surface area contributed by atoms with Crippen molar-refractivity contribution in [3.8, 4) is 0 Å². The molecule has 0 aliphatic heterocycles. The summed E-state index contributed by atoms with van der Waals surface area (Å²) in [4.78, 5) is 12.9. The monoisotopic (exact) mass is 365 g/mol. The fourth-order valence-corrected chi connectivity index (χ4v) is 2.62. The SMILES string of the molecule is C[NH+](CC(=O)Nc1ccc(F)c(F)c1F)Cc1ccc(C(C)(C)C)cc1. The quantitative estimate of drug-likeness (QED) is 0.785. The molecule has 3 nitrogen and oxygen atoms in total. The van der Waals surface area contributed by atoms with Crippen LogP contribution in [0.4, 0.5) is 18.9 Å². The van der Waals surface area contributed by atoms with Gasteiger partial charge in [-0.25, -0.2) is 13.2 Å². The van der Waals surface area contributed by atoms with Crippen LogP contribution in [0.15, 0.2) is 36.4 Å². The van der Waals surface area contributed by atoms with E-state index in [0.717, 1.165) is 22.6 Å². The first-order chi connectivity index (χ1) is 12.1. The number of hydrogen-bond acceptors (Lipinski definition) is 1. The van der Waals surface area contributed by atoms with Crippen molar-refractivity contribution in [2.75, 3.05) is 18.9 Å². The molecule has 0 aliphatic carbocycles. The molecular formula is C20H24F3N2O+. The summed E-state index contributed by atoms with van der Waals surface area (Å²) < 4.78 is 39.7. The molecule has 140 valence electrons. The lowest BCUT2D eigenvalue weighted by Gasteiger charge is -2.19. The number of likely N-dealkylation sites (N-methyl/N-ethyl adjacent to an activating group) is 1. The van der Waals surface area contributed by atoms with Crippen LogP contribution >= 0.6 is 0 Å². The molecule has 0 bridgehead atoms. The predicted octanol–water partition coefficient (Wildman–Crippen LogP) is 3.05. The summed E-state index contributed by atoms with van der Waals surface area (Å²) >= 11 is 0. The zero-order valence-corrected chi connectivity index (χ0v) is 15.4. The van der Waals surface area contributed by atoms with Crippen molar-refractivity contribution in [2.24, 2.45) is 0 Å². The van der Waals surface area contributed by atoms with Gasteiger partial charge in [-0.15, -0.1) is 0 Å². The lowest BCUT2D eigenvalue weighted by molar-refractivity contribution is -0.885. The lowest BCUT2D eigenvalue weighted by Crippen LogP contribution is -3.08. The van der Waals surface area contributed by atoms with Gasteiger partial charge in [-0.1, -0.05) is 45.0 Å². The molecular weight excluding hydrogens is 341 g/mol. The number of quaternary nitrogens is 1. The van der Waals surface area contributed by atoms with Gasteiger partial charge in [-0.05, 0) is 23.1 Å². The number of rotatable bonds is 5. The summed E-state index contributed by atoms with van der Waals surface area (Å²) in [6.07, 6.45) is 0. The Bertz CT molecular complexity index is 783. The molecule has 1 unspecified atom stereocenters. The number of halogens is 3. The molecule has 2 aromatic carbocycles. The molecule has 1 amide bonds. The van der Waals surface area contributed by atoms with Crippen LogP contribution in [-0.2, 0) is 16.8 Å². The molecule has 6 heteroatoms. The third-order valence-corrected chi connectivity index (χ3v) is 4.10. The Morgan fingerprint density at radius 2 is 1.62 bits per heavy atom. The molecule has 26 heavy (non-hydrogen) atoms. The summed E-state index contributed by atoms with van der Waals surface area (Å²) in [6.45, 7) is 7.10. The highest BCUT2D eigenvalue weighted by Gasteiger charge is 2.18. The van der Waals surface area contributed by atoms with Crippen LogP contribution in [-0.4, -0.2) is 19.5 Å². The number of hydrogen-bond donors (Lipinski definition) is 2. The van der Waals surface area contributed by atoms with Gasteiger partial charge in [-0.2, -0.15) is 0 Å². The first-order valence-electron chi connectivity index (χ1n) is 8.42. The van der Waals surface area contributed by atoms with Crippen molar-refractivity contribution in [1.82, 2.24) is 0 Å². The first-order valence-corrected chi connectivity index (χ1v) is 8.42. The molecule has 0 aliphatic rings. The molecule has 0 saturated carbocycles. The Kier molecular flexibility index (Phi) is 6.08. The second-order valence-electron chi connectivity index (χ2n) is 7.53. The van der Waals surface area contributed by atoms with Crippen LogP contribution in [0, 0.1) is 17.5 Å². The zero-order valence-electron chi connectivity index (χ0n) is 15.4. The highest BCUT2D eigenvalue weighted by Crippen LogP contribution is 2.22. The fourth-order valence-electron chi connectivity index (χ4n) is 2.62. The number of amides is 1. The molecule has 0 aromatic heterocycles. The highest BCUT2D eigenvalue weighted by molar-refractivity contribution is 5.91. The topological polar surface area (TPSA) is 33.5 Å². The van der Waals surface area contributed by atoms with E-state index in [1.54, 1.807) is 0 Å². The van der Waals surface area contributed by atoms with Crippen LogP contribution in [0.5, 0.6) is 0 Å². The minimum absolute atomic E-state index is 0.0689. The number of anilines is 1. The van der Waals surface area contributed by atoms with E-state index in [9.17, 15) is 18.0 Å². The molecule has 1 atom stereocenters. The van der Waals surface area contributed by atoms with Gasteiger partial charge in [0.1, 0.15) is 6.54 Å². The van der Waals surface area contributed by atoms with Crippen molar-refractivity contribution in [3.63, 3.8) is 0 Å². The van der Waals surface area contributed by atoms with Crippen LogP contribution in [0.25, 0.3) is 0 Å². The summed E-state index contributed by atoms with van der Waals surface area (Å²) in [5, 5.41) is 2.28. The Balaban J connectivity index is 1.94. The van der Waals surface area contributed by atoms with E-state index in [1.807, 2.05) is 19.2 Å². The Labute approximate surface area is 151 Å². The number of carbonyl (C=O) groups excluding carboxylic acids is 1. The molecule has 0 radical (unpaired) electrons. The molecule has 0 fully saturated rings. The van der Waals surface area contributed by atoms with E-state index in [0.29, 0.717) is 6.54 Å². The van der Waals surface area contributed by atoms with Crippen LogP contribution in [0.1, 0.15) is 31.9 Å². The molecule has 0 heterocycles. The molecule has 0 saturated heterocycles. The predicted molar refractivity (Wildman–Crippen MR) is 95.5 cm³/mol. The van der Waals surface area contributed by atoms with Crippen LogP contribution in [0.3, 0.4) is 0 Å². The molecule has 2 aromatic rings. The summed E-state index contributed by atoms with van der Waals surface area (Å²) in [7, 11) is 1.83. The fraction of sp³-hybridized carbons (Fsp3) is 0.350. The van der Waals surface area contributed by atoms with Gasteiger partial charge in [0.2, 0.25) is 0 Å². The number of carbonyl (C=O) groups is 1. The van der Waals surface area contributed by atoms with E-state index < -0.39 is 23.4 Å². The van der Waals surface area contributed by atoms with Crippen molar-refractivity contribution in [3.05, 3.63) is 65.0 Å². The van der Waals surface area contributed by atoms with Gasteiger partial charge >= 0.3 is 0 Å². The third-order valence-electron chi connectivity index (χ3n) is 4.10. The smallest absolute Gasteiger partial charge is 0.279 e. The second kappa shape index (κ2) is 7.91. The molecule has 0 spiro atoms. The van der Waals surface area contributed by atoms with Crippen molar-refractivity contribution >= 4 is 11.6 Å². The minimum Gasteiger partial charge on any atom is -0.326 e. The summed E-state index contributed by atoms with van der Waals surface area (Å²) in [5.74, 6) is -4.75. The normalized spacial score (nSPS) is 12.7. The maximum atomic E-state index is 13.6.